The molecule has 0 spiro atoms. The van der Waals surface area contributed by atoms with Crippen molar-refractivity contribution in [2.75, 3.05) is 0 Å². The predicted molar refractivity (Wildman–Crippen MR) is 80.6 cm³/mol. The van der Waals surface area contributed by atoms with Gasteiger partial charge in [0.05, 0.1) is 5.56 Å². The number of hydrogen-bond acceptors (Lipinski definition) is 3. The smallest absolute Gasteiger partial charge is 0.353 e. The minimum Gasteiger partial charge on any atom is -0.353 e. The van der Waals surface area contributed by atoms with Crippen molar-refractivity contribution in [3.63, 3.8) is 0 Å². The standard InChI is InChI=1S/C15H18ClN2O3/c1-9(2)17-13(11-5-7-12(16)8-6-11)21-15(20)18(10(3)4)14(17)19/h5-10H,1-4H3/q+1. The van der Waals surface area contributed by atoms with Crippen molar-refractivity contribution in [2.24, 2.45) is 0 Å². The molecule has 0 aliphatic rings. The highest BCUT2D eigenvalue weighted by atomic mass is 35.5. The molecule has 21 heavy (non-hydrogen) atoms. The molecule has 0 unspecified atom stereocenters. The Hall–Kier alpha value is -1.88. The zero-order valence-corrected chi connectivity index (χ0v) is 13.2. The van der Waals surface area contributed by atoms with E-state index in [-0.39, 0.29) is 23.7 Å². The van der Waals surface area contributed by atoms with Crippen LogP contribution >= 0.6 is 11.6 Å². The predicted octanol–water partition coefficient (Wildman–Crippen LogP) is 2.57. The van der Waals surface area contributed by atoms with Gasteiger partial charge in [0.25, 0.3) is 0 Å². The van der Waals surface area contributed by atoms with Crippen LogP contribution in [0.4, 0.5) is 0 Å². The third-order valence-electron chi connectivity index (χ3n) is 3.14. The van der Waals surface area contributed by atoms with Gasteiger partial charge in [0.15, 0.2) is 0 Å². The van der Waals surface area contributed by atoms with Gasteiger partial charge < -0.3 is 4.42 Å². The minimum atomic E-state index is -0.656. The highest BCUT2D eigenvalue weighted by Crippen LogP contribution is 2.18. The number of rotatable bonds is 3. The molecule has 0 bridgehead atoms. The lowest BCUT2D eigenvalue weighted by Crippen LogP contribution is -2.60. The van der Waals surface area contributed by atoms with E-state index < -0.39 is 5.76 Å². The van der Waals surface area contributed by atoms with Crippen LogP contribution in [-0.2, 0) is 0 Å². The third kappa shape index (κ3) is 2.93. The molecular weight excluding hydrogens is 292 g/mol. The van der Waals surface area contributed by atoms with Crippen LogP contribution in [0, 0.1) is 0 Å². The minimum absolute atomic E-state index is 0.141. The van der Waals surface area contributed by atoms with E-state index in [0.29, 0.717) is 10.6 Å². The van der Waals surface area contributed by atoms with Gasteiger partial charge in [-0.25, -0.2) is 0 Å². The van der Waals surface area contributed by atoms with Crippen LogP contribution in [0.3, 0.4) is 0 Å². The summed E-state index contributed by atoms with van der Waals surface area (Å²) in [5.74, 6) is -0.412. The third-order valence-corrected chi connectivity index (χ3v) is 3.39. The Labute approximate surface area is 127 Å². The van der Waals surface area contributed by atoms with Crippen LogP contribution in [0.2, 0.25) is 5.02 Å². The van der Waals surface area contributed by atoms with Crippen LogP contribution in [0.25, 0.3) is 11.5 Å². The van der Waals surface area contributed by atoms with Gasteiger partial charge in [-0.05, 0) is 52.0 Å². The molecule has 6 heteroatoms. The van der Waals surface area contributed by atoms with Crippen LogP contribution in [-0.4, -0.2) is 4.57 Å². The van der Waals surface area contributed by atoms with Gasteiger partial charge in [-0.15, -0.1) is 4.57 Å². The molecule has 0 aliphatic heterocycles. The Morgan fingerprint density at radius 3 is 2.14 bits per heavy atom. The van der Waals surface area contributed by atoms with Gasteiger partial charge in [-0.3, -0.25) is 0 Å². The average Bonchev–Trinajstić information content (AvgIpc) is 2.37. The van der Waals surface area contributed by atoms with E-state index in [2.05, 4.69) is 0 Å². The van der Waals surface area contributed by atoms with E-state index in [1.807, 2.05) is 13.8 Å². The summed E-state index contributed by atoms with van der Waals surface area (Å²) in [6.07, 6.45) is 0. The van der Waals surface area contributed by atoms with Crippen molar-refractivity contribution in [1.82, 2.24) is 4.57 Å². The Kier molecular flexibility index (Phi) is 4.32. The molecule has 0 amide bonds. The summed E-state index contributed by atoms with van der Waals surface area (Å²) in [5, 5.41) is 0.577. The maximum atomic E-state index is 12.6. The molecule has 0 aliphatic carbocycles. The lowest BCUT2D eigenvalue weighted by atomic mass is 10.2. The molecule has 2 rings (SSSR count). The van der Waals surface area contributed by atoms with Crippen molar-refractivity contribution in [3.8, 4) is 11.5 Å². The van der Waals surface area contributed by atoms with Gasteiger partial charge in [-0.2, -0.15) is 14.2 Å². The van der Waals surface area contributed by atoms with Crippen molar-refractivity contribution in [2.45, 2.75) is 39.8 Å². The molecule has 0 radical (unpaired) electrons. The molecule has 1 aromatic heterocycles. The van der Waals surface area contributed by atoms with E-state index in [9.17, 15) is 9.59 Å². The molecule has 1 heterocycles. The summed E-state index contributed by atoms with van der Waals surface area (Å²) < 4.78 is 7.98. The Morgan fingerprint density at radius 1 is 1.10 bits per heavy atom. The van der Waals surface area contributed by atoms with E-state index in [1.165, 1.54) is 4.57 Å². The van der Waals surface area contributed by atoms with E-state index in [1.54, 1.807) is 38.1 Å². The van der Waals surface area contributed by atoms with Crippen LogP contribution in [0.1, 0.15) is 39.8 Å². The average molecular weight is 310 g/mol. The number of hydrogen-bond donors (Lipinski definition) is 0. The number of aromatic nitrogens is 2. The second-order valence-corrected chi connectivity index (χ2v) is 5.83. The molecule has 0 saturated carbocycles. The first-order valence-electron chi connectivity index (χ1n) is 6.80. The topological polar surface area (TPSA) is 56.1 Å². The zero-order valence-electron chi connectivity index (χ0n) is 12.5. The Balaban J connectivity index is 2.81. The first-order valence-corrected chi connectivity index (χ1v) is 7.18. The van der Waals surface area contributed by atoms with Gasteiger partial charge in [-0.1, -0.05) is 11.6 Å². The Morgan fingerprint density at radius 2 is 1.67 bits per heavy atom. The van der Waals surface area contributed by atoms with Gasteiger partial charge in [0.1, 0.15) is 12.1 Å². The second-order valence-electron chi connectivity index (χ2n) is 5.39. The summed E-state index contributed by atoms with van der Waals surface area (Å²) in [7, 11) is 0. The normalized spacial score (nSPS) is 11.4. The number of benzene rings is 1. The summed E-state index contributed by atoms with van der Waals surface area (Å²) in [4.78, 5) is 24.6. The molecule has 5 nitrogen and oxygen atoms in total. The number of halogens is 1. The molecule has 0 fully saturated rings. The Bertz CT molecular complexity index is 758. The van der Waals surface area contributed by atoms with Crippen molar-refractivity contribution >= 4 is 11.6 Å². The van der Waals surface area contributed by atoms with Crippen molar-refractivity contribution in [1.29, 1.82) is 0 Å². The summed E-state index contributed by atoms with van der Waals surface area (Å²) in [6.45, 7) is 7.27. The first kappa shape index (κ1) is 15.5. The van der Waals surface area contributed by atoms with Crippen molar-refractivity contribution < 1.29 is 8.98 Å². The fourth-order valence-electron chi connectivity index (χ4n) is 2.14. The lowest BCUT2D eigenvalue weighted by molar-refractivity contribution is -0.733. The SMILES string of the molecule is CC(C)n1c(=O)oc(-c2ccc(Cl)cc2)[n+](C(C)C)c1=O. The summed E-state index contributed by atoms with van der Waals surface area (Å²) >= 11 is 5.87. The molecular formula is C15H18ClN2O3+. The van der Waals surface area contributed by atoms with Gasteiger partial charge >= 0.3 is 17.3 Å². The summed E-state index contributed by atoms with van der Waals surface area (Å²) in [5.41, 5.74) is 0.263. The molecule has 0 N–H and O–H groups in total. The molecule has 0 saturated heterocycles. The van der Waals surface area contributed by atoms with E-state index in [4.69, 9.17) is 16.0 Å². The van der Waals surface area contributed by atoms with Gasteiger partial charge in [0.2, 0.25) is 0 Å². The molecule has 2 aromatic rings. The lowest BCUT2D eigenvalue weighted by Gasteiger charge is -2.10. The van der Waals surface area contributed by atoms with Crippen LogP contribution in [0.15, 0.2) is 38.3 Å². The monoisotopic (exact) mass is 309 g/mol. The fourth-order valence-corrected chi connectivity index (χ4v) is 2.27. The quantitative estimate of drug-likeness (QED) is 0.819. The van der Waals surface area contributed by atoms with E-state index in [0.717, 1.165) is 4.57 Å². The maximum Gasteiger partial charge on any atom is 0.518 e. The fraction of sp³-hybridized carbons (Fsp3) is 0.400. The largest absolute Gasteiger partial charge is 0.518 e. The maximum absolute atomic E-state index is 12.6. The second kappa shape index (κ2) is 5.85. The van der Waals surface area contributed by atoms with Crippen LogP contribution in [0.5, 0.6) is 0 Å². The van der Waals surface area contributed by atoms with Gasteiger partial charge in [0, 0.05) is 5.02 Å². The summed E-state index contributed by atoms with van der Waals surface area (Å²) in [6, 6.07) is 6.41. The van der Waals surface area contributed by atoms with E-state index >= 15 is 0 Å². The highest BCUT2D eigenvalue weighted by Gasteiger charge is 2.27. The first-order chi connectivity index (χ1) is 9.82. The van der Waals surface area contributed by atoms with Crippen molar-refractivity contribution in [3.05, 3.63) is 50.3 Å². The molecule has 0 atom stereocenters. The highest BCUT2D eigenvalue weighted by molar-refractivity contribution is 6.30. The molecule has 1 aromatic carbocycles. The number of nitrogens with zero attached hydrogens (tertiary/aromatic N) is 2. The zero-order chi connectivity index (χ0) is 15.7. The van der Waals surface area contributed by atoms with Crippen LogP contribution < -0.4 is 16.0 Å². The molecule has 112 valence electrons.